The van der Waals surface area contributed by atoms with Gasteiger partial charge in [-0.15, -0.1) is 0 Å². The number of aldehydes is 2. The summed E-state index contributed by atoms with van der Waals surface area (Å²) in [5.74, 6) is -0.0323. The fourth-order valence-corrected chi connectivity index (χ4v) is 7.98. The van der Waals surface area contributed by atoms with Gasteiger partial charge in [0.1, 0.15) is 19.5 Å². The lowest BCUT2D eigenvalue weighted by Gasteiger charge is -2.22. The van der Waals surface area contributed by atoms with Crippen molar-refractivity contribution in [1.82, 2.24) is 10.6 Å². The van der Waals surface area contributed by atoms with Crippen LogP contribution in [0, 0.1) is 0 Å². The molecule has 0 bridgehead atoms. The van der Waals surface area contributed by atoms with E-state index in [4.69, 9.17) is 28.9 Å². The molecule has 15 heteroatoms. The lowest BCUT2D eigenvalue weighted by molar-refractivity contribution is -0.121. The summed E-state index contributed by atoms with van der Waals surface area (Å²) >= 11 is 0. The quantitative estimate of drug-likeness (QED) is 0.0916. The molecule has 0 spiro atoms. The Morgan fingerprint density at radius 1 is 0.810 bits per heavy atom. The van der Waals surface area contributed by atoms with Crippen LogP contribution in [0.25, 0.3) is 0 Å². The molecule has 1 unspecified atom stereocenters. The van der Waals surface area contributed by atoms with Gasteiger partial charge in [0, 0.05) is 60.5 Å². The molecule has 320 valence electrons. The van der Waals surface area contributed by atoms with Crippen molar-refractivity contribution in [2.24, 2.45) is 9.98 Å². The summed E-state index contributed by atoms with van der Waals surface area (Å²) in [5, 5.41) is 4.98. The Kier molecular flexibility index (Phi) is 12.3. The predicted molar refractivity (Wildman–Crippen MR) is 237 cm³/mol. The molecule has 15 nitrogen and oxygen atoms in total. The number of para-hydroxylation sites is 2. The van der Waals surface area contributed by atoms with Crippen LogP contribution < -0.4 is 39.4 Å². The highest BCUT2D eigenvalue weighted by Crippen LogP contribution is 2.41. The van der Waals surface area contributed by atoms with Gasteiger partial charge in [0.15, 0.2) is 29.3 Å². The molecular weight excluding hydrogens is 805 g/mol. The number of ether oxygens (including phenoxy) is 4. The van der Waals surface area contributed by atoms with E-state index in [1.807, 2.05) is 49.7 Å². The summed E-state index contributed by atoms with van der Waals surface area (Å²) in [7, 11) is 4.96. The van der Waals surface area contributed by atoms with E-state index in [0.717, 1.165) is 23.4 Å². The van der Waals surface area contributed by atoms with E-state index in [0.29, 0.717) is 75.6 Å². The third-order valence-electron chi connectivity index (χ3n) is 11.1. The molecule has 2 atom stereocenters. The molecule has 0 radical (unpaired) electrons. The van der Waals surface area contributed by atoms with Crippen molar-refractivity contribution < 1.29 is 42.9 Å². The highest BCUT2D eigenvalue weighted by atomic mass is 16.5. The van der Waals surface area contributed by atoms with Gasteiger partial charge in [0.25, 0.3) is 11.8 Å². The summed E-state index contributed by atoms with van der Waals surface area (Å²) in [6.45, 7) is -0.633. The lowest BCUT2D eigenvalue weighted by Crippen LogP contribution is -2.37. The fourth-order valence-electron chi connectivity index (χ4n) is 7.98. The maximum atomic E-state index is 13.9. The number of carbonyl (C=O) groups is 5. The molecule has 3 aliphatic rings. The normalized spacial score (nSPS) is 15.8. The summed E-state index contributed by atoms with van der Waals surface area (Å²) < 4.78 is 23.9. The van der Waals surface area contributed by atoms with Gasteiger partial charge in [-0.25, -0.2) is 0 Å². The van der Waals surface area contributed by atoms with E-state index in [-0.39, 0.29) is 49.9 Å². The highest BCUT2D eigenvalue weighted by Gasteiger charge is 2.36. The van der Waals surface area contributed by atoms with Crippen molar-refractivity contribution >= 4 is 65.5 Å². The number of aliphatic imine (C=N–C) groups is 2. The van der Waals surface area contributed by atoms with Crippen molar-refractivity contribution in [3.8, 4) is 23.0 Å². The highest BCUT2D eigenvalue weighted by molar-refractivity contribution is 6.14. The Balaban J connectivity index is 1.04. The van der Waals surface area contributed by atoms with E-state index in [9.17, 15) is 24.0 Å². The number of hydrogen-bond acceptors (Lipinski definition) is 12. The zero-order valence-corrected chi connectivity index (χ0v) is 34.8. The number of rotatable bonds is 16. The van der Waals surface area contributed by atoms with Gasteiger partial charge in [-0.1, -0.05) is 36.4 Å². The van der Waals surface area contributed by atoms with E-state index in [1.165, 1.54) is 19.8 Å². The van der Waals surface area contributed by atoms with Crippen LogP contribution in [0.5, 0.6) is 23.0 Å². The van der Waals surface area contributed by atoms with E-state index < -0.39 is 11.8 Å². The molecule has 0 aromatic heterocycles. The van der Waals surface area contributed by atoms with Crippen LogP contribution in [-0.2, 0) is 35.6 Å². The van der Waals surface area contributed by atoms with Crippen molar-refractivity contribution in [2.75, 3.05) is 44.2 Å². The molecule has 8 rings (SSSR count). The fraction of sp³-hybridized carbons (Fsp3) is 0.229. The second kappa shape index (κ2) is 18.4. The van der Waals surface area contributed by atoms with Gasteiger partial charge in [0.2, 0.25) is 5.91 Å². The van der Waals surface area contributed by atoms with Gasteiger partial charge in [0.05, 0.1) is 56.3 Å². The molecule has 63 heavy (non-hydrogen) atoms. The number of anilines is 2. The predicted octanol–water partition coefficient (Wildman–Crippen LogP) is 5.77. The standard InChI is InChI=1S/C48H44N6O9/c1-53-35(17-31-8-4-6-10-40(31)53)23-50-38-21-44(42(60-2)19-34(38)26-56)62-27-29-14-30(16-33(15-29)47(58)52-25-46(57)49-12-13-55)28-63-45-22-39-37(20-43(45)61-3)48(59)54-36(24-51-39)18-32-9-5-7-11-41(32)54/h4-11,13-16,19-24,26,35-36H,12,17-18,25,27-28H2,1-3H3,(H,49,57)(H,52,58)/b50-23-/t35?,36-/m0/s1. The maximum Gasteiger partial charge on any atom is 0.261 e. The number of likely N-dealkylation sites (N-methyl/N-ethyl adjacent to an activating group) is 1. The van der Waals surface area contributed by atoms with E-state index >= 15 is 0 Å². The summed E-state index contributed by atoms with van der Waals surface area (Å²) in [5.41, 5.74) is 7.10. The van der Waals surface area contributed by atoms with E-state index in [1.54, 1.807) is 53.6 Å². The van der Waals surface area contributed by atoms with E-state index in [2.05, 4.69) is 27.7 Å². The van der Waals surface area contributed by atoms with Crippen molar-refractivity contribution in [3.63, 3.8) is 0 Å². The van der Waals surface area contributed by atoms with Gasteiger partial charge in [-0.2, -0.15) is 0 Å². The minimum atomic E-state index is -0.555. The Labute approximate surface area is 363 Å². The first-order valence-electron chi connectivity index (χ1n) is 20.2. The SMILES string of the molecule is COc1cc2c(cc1OCc1cc(COc3cc(/N=C\C4Cc5ccccc5N4C)c(C=O)cc3OC)cc(C(=O)NCC(=O)NCC=O)c1)N=C[C@@H]1Cc3ccccc3N1C2=O. The Bertz CT molecular complexity index is 2680. The van der Waals surface area contributed by atoms with Crippen LogP contribution in [0.15, 0.2) is 101 Å². The molecule has 0 saturated carbocycles. The largest absolute Gasteiger partial charge is 0.493 e. The van der Waals surface area contributed by atoms with Crippen LogP contribution >= 0.6 is 0 Å². The van der Waals surface area contributed by atoms with Crippen LogP contribution in [-0.4, -0.2) is 89.2 Å². The summed E-state index contributed by atoms with van der Waals surface area (Å²) in [6.07, 6.45) is 6.28. The smallest absolute Gasteiger partial charge is 0.261 e. The first-order valence-corrected chi connectivity index (χ1v) is 20.2. The minimum Gasteiger partial charge on any atom is -0.493 e. The van der Waals surface area contributed by atoms with Gasteiger partial charge < -0.3 is 39.3 Å². The van der Waals surface area contributed by atoms with Crippen molar-refractivity contribution in [1.29, 1.82) is 0 Å². The second-order valence-corrected chi connectivity index (χ2v) is 15.1. The average molecular weight is 849 g/mol. The Morgan fingerprint density at radius 3 is 2.16 bits per heavy atom. The molecule has 0 aliphatic carbocycles. The molecule has 3 aliphatic heterocycles. The number of amides is 3. The maximum absolute atomic E-state index is 13.9. The zero-order valence-electron chi connectivity index (χ0n) is 34.8. The molecule has 5 aromatic carbocycles. The van der Waals surface area contributed by atoms with Crippen molar-refractivity contribution in [2.45, 2.75) is 38.1 Å². The molecule has 5 aromatic rings. The molecule has 0 saturated heterocycles. The monoisotopic (exact) mass is 848 g/mol. The molecule has 0 fully saturated rings. The summed E-state index contributed by atoms with van der Waals surface area (Å²) in [4.78, 5) is 75.9. The minimum absolute atomic E-state index is 0.0177. The second-order valence-electron chi connectivity index (χ2n) is 15.1. The summed E-state index contributed by atoms with van der Waals surface area (Å²) in [6, 6.07) is 27.2. The number of hydrogen-bond donors (Lipinski definition) is 2. The third-order valence-corrected chi connectivity index (χ3v) is 11.1. The first kappa shape index (κ1) is 41.9. The lowest BCUT2D eigenvalue weighted by atomic mass is 10.1. The molecule has 3 heterocycles. The number of carbonyl (C=O) groups excluding carboxylic acids is 5. The topological polar surface area (TPSA) is 178 Å². The number of nitrogens with zero attached hydrogens (tertiary/aromatic N) is 4. The number of nitrogens with one attached hydrogen (secondary N) is 2. The Hall–Kier alpha value is -7.81. The van der Waals surface area contributed by atoms with Gasteiger partial charge in [-0.3, -0.25) is 34.1 Å². The third kappa shape index (κ3) is 8.84. The average Bonchev–Trinajstić information content (AvgIpc) is 3.81. The molecule has 2 N–H and O–H groups in total. The van der Waals surface area contributed by atoms with Gasteiger partial charge >= 0.3 is 0 Å². The van der Waals surface area contributed by atoms with Crippen LogP contribution in [0.1, 0.15) is 53.3 Å². The van der Waals surface area contributed by atoms with Crippen molar-refractivity contribution in [3.05, 3.63) is 130 Å². The number of methoxy groups -OCH3 is 2. The number of benzene rings is 5. The van der Waals surface area contributed by atoms with Crippen LogP contribution in [0.4, 0.5) is 22.7 Å². The first-order chi connectivity index (χ1) is 30.7. The van der Waals surface area contributed by atoms with Crippen LogP contribution in [0.2, 0.25) is 0 Å². The zero-order chi connectivity index (χ0) is 44.0. The number of fused-ring (bicyclic) bond motifs is 5. The Morgan fingerprint density at radius 2 is 1.48 bits per heavy atom. The molecule has 3 amide bonds. The van der Waals surface area contributed by atoms with Gasteiger partial charge in [-0.05, 0) is 71.1 Å². The molecular formula is C48H44N6O9. The van der Waals surface area contributed by atoms with Crippen LogP contribution in [0.3, 0.4) is 0 Å².